The van der Waals surface area contributed by atoms with Gasteiger partial charge < -0.3 is 4.74 Å². The number of alkyl halides is 3. The van der Waals surface area contributed by atoms with Gasteiger partial charge in [-0.15, -0.1) is 0 Å². The fourth-order valence-corrected chi connectivity index (χ4v) is 1.83. The number of carbonyl (C=O) groups is 1. The third kappa shape index (κ3) is 3.78. The molecule has 118 valence electrons. The number of carbonyl (C=O) groups excluding carboxylic acids is 1. The summed E-state index contributed by atoms with van der Waals surface area (Å²) in [5, 5.41) is 6.32. The SMILES string of the molecule is CC(OC(=O)Nc1ccnn1C)c1cccc(C(F)(F)F)c1. The number of halogens is 3. The van der Waals surface area contributed by atoms with Crippen molar-refractivity contribution in [3.05, 3.63) is 47.7 Å². The van der Waals surface area contributed by atoms with Gasteiger partial charge in [-0.2, -0.15) is 18.3 Å². The van der Waals surface area contributed by atoms with Crippen LogP contribution >= 0.6 is 0 Å². The summed E-state index contributed by atoms with van der Waals surface area (Å²) in [4.78, 5) is 11.7. The molecule has 0 saturated heterocycles. The van der Waals surface area contributed by atoms with Crippen molar-refractivity contribution < 1.29 is 22.7 Å². The van der Waals surface area contributed by atoms with Crippen molar-refractivity contribution >= 4 is 11.9 Å². The van der Waals surface area contributed by atoms with Crippen LogP contribution in [-0.4, -0.2) is 15.9 Å². The van der Waals surface area contributed by atoms with Crippen LogP contribution in [0.15, 0.2) is 36.5 Å². The van der Waals surface area contributed by atoms with Crippen LogP contribution in [0.2, 0.25) is 0 Å². The monoisotopic (exact) mass is 313 g/mol. The molecule has 0 aliphatic carbocycles. The average molecular weight is 313 g/mol. The molecule has 22 heavy (non-hydrogen) atoms. The van der Waals surface area contributed by atoms with E-state index in [1.807, 2.05) is 0 Å². The molecule has 2 aromatic rings. The van der Waals surface area contributed by atoms with E-state index in [0.29, 0.717) is 5.82 Å². The number of nitrogens with one attached hydrogen (secondary N) is 1. The summed E-state index contributed by atoms with van der Waals surface area (Å²) in [5.74, 6) is 0.418. The number of anilines is 1. The molecule has 1 unspecified atom stereocenters. The van der Waals surface area contributed by atoms with E-state index in [1.54, 1.807) is 13.1 Å². The second kappa shape index (κ2) is 6.08. The van der Waals surface area contributed by atoms with Crippen LogP contribution in [0.3, 0.4) is 0 Å². The number of nitrogens with zero attached hydrogens (tertiary/aromatic N) is 2. The van der Waals surface area contributed by atoms with Gasteiger partial charge in [-0.1, -0.05) is 12.1 Å². The van der Waals surface area contributed by atoms with Gasteiger partial charge in [-0.25, -0.2) is 4.79 Å². The quantitative estimate of drug-likeness (QED) is 0.939. The van der Waals surface area contributed by atoms with Crippen LogP contribution in [-0.2, 0) is 18.0 Å². The molecule has 0 spiro atoms. The van der Waals surface area contributed by atoms with E-state index in [2.05, 4.69) is 10.4 Å². The molecule has 2 rings (SSSR count). The Bertz CT molecular complexity index is 667. The number of aryl methyl sites for hydroxylation is 1. The Morgan fingerprint density at radius 3 is 2.68 bits per heavy atom. The lowest BCUT2D eigenvalue weighted by atomic mass is 10.1. The van der Waals surface area contributed by atoms with E-state index in [1.165, 1.54) is 29.9 Å². The molecule has 1 atom stereocenters. The van der Waals surface area contributed by atoms with Crippen LogP contribution < -0.4 is 5.32 Å². The van der Waals surface area contributed by atoms with E-state index in [-0.39, 0.29) is 5.56 Å². The number of ether oxygens (including phenoxy) is 1. The highest BCUT2D eigenvalue weighted by atomic mass is 19.4. The zero-order valence-electron chi connectivity index (χ0n) is 11.9. The highest BCUT2D eigenvalue weighted by Crippen LogP contribution is 2.31. The lowest BCUT2D eigenvalue weighted by Crippen LogP contribution is -2.18. The molecule has 5 nitrogen and oxygen atoms in total. The van der Waals surface area contributed by atoms with Gasteiger partial charge >= 0.3 is 12.3 Å². The minimum absolute atomic E-state index is 0.259. The van der Waals surface area contributed by atoms with Crippen molar-refractivity contribution in [3.8, 4) is 0 Å². The number of hydrogen-bond donors (Lipinski definition) is 1. The fourth-order valence-electron chi connectivity index (χ4n) is 1.83. The minimum atomic E-state index is -4.44. The maximum absolute atomic E-state index is 12.7. The Hall–Kier alpha value is -2.51. The number of aromatic nitrogens is 2. The van der Waals surface area contributed by atoms with Crippen LogP contribution in [0.25, 0.3) is 0 Å². The third-order valence-electron chi connectivity index (χ3n) is 3.02. The summed E-state index contributed by atoms with van der Waals surface area (Å²) in [7, 11) is 1.63. The molecule has 1 amide bonds. The molecule has 8 heteroatoms. The standard InChI is InChI=1S/C14H14F3N3O2/c1-9(10-4-3-5-11(8-10)14(15,16)17)22-13(21)19-12-6-7-18-20(12)2/h3-9H,1-2H3,(H,19,21). The maximum Gasteiger partial charge on any atom is 0.416 e. The molecule has 1 aromatic heterocycles. The molecule has 0 fully saturated rings. The van der Waals surface area contributed by atoms with Gasteiger partial charge in [0.1, 0.15) is 11.9 Å². The summed E-state index contributed by atoms with van der Waals surface area (Å²) >= 11 is 0. The predicted molar refractivity (Wildman–Crippen MR) is 73.2 cm³/mol. The average Bonchev–Trinajstić information content (AvgIpc) is 2.83. The summed E-state index contributed by atoms with van der Waals surface area (Å²) in [6.45, 7) is 1.50. The van der Waals surface area contributed by atoms with Gasteiger partial charge in [-0.05, 0) is 24.6 Å². The van der Waals surface area contributed by atoms with Gasteiger partial charge in [-0.3, -0.25) is 10.00 Å². The summed E-state index contributed by atoms with van der Waals surface area (Å²) < 4.78 is 44.5. The first-order chi connectivity index (χ1) is 10.3. The topological polar surface area (TPSA) is 56.1 Å². The Labute approximate surface area is 124 Å². The minimum Gasteiger partial charge on any atom is -0.441 e. The number of rotatable bonds is 3. The molecular formula is C14H14F3N3O2. The smallest absolute Gasteiger partial charge is 0.416 e. The lowest BCUT2D eigenvalue weighted by molar-refractivity contribution is -0.137. The van der Waals surface area contributed by atoms with Crippen molar-refractivity contribution in [2.24, 2.45) is 7.05 Å². The van der Waals surface area contributed by atoms with Gasteiger partial charge in [0, 0.05) is 13.1 Å². The second-order valence-corrected chi connectivity index (χ2v) is 4.64. The van der Waals surface area contributed by atoms with Gasteiger partial charge in [0.05, 0.1) is 11.8 Å². The van der Waals surface area contributed by atoms with Crippen molar-refractivity contribution in [1.82, 2.24) is 9.78 Å². The van der Waals surface area contributed by atoms with Crippen LogP contribution in [0.5, 0.6) is 0 Å². The Balaban J connectivity index is 2.04. The van der Waals surface area contributed by atoms with Gasteiger partial charge in [0.2, 0.25) is 0 Å². The number of benzene rings is 1. The Morgan fingerprint density at radius 1 is 1.36 bits per heavy atom. The summed E-state index contributed by atoms with van der Waals surface area (Å²) in [6, 6.07) is 6.23. The van der Waals surface area contributed by atoms with Crippen molar-refractivity contribution in [2.45, 2.75) is 19.2 Å². The van der Waals surface area contributed by atoms with E-state index in [0.717, 1.165) is 12.1 Å². The highest BCUT2D eigenvalue weighted by Gasteiger charge is 2.31. The first kappa shape index (κ1) is 15.9. The van der Waals surface area contributed by atoms with E-state index >= 15 is 0 Å². The predicted octanol–water partition coefficient (Wildman–Crippen LogP) is 3.75. The van der Waals surface area contributed by atoms with Crippen LogP contribution in [0, 0.1) is 0 Å². The first-order valence-electron chi connectivity index (χ1n) is 6.40. The lowest BCUT2D eigenvalue weighted by Gasteiger charge is -2.16. The molecule has 0 bridgehead atoms. The zero-order chi connectivity index (χ0) is 16.3. The molecule has 0 radical (unpaired) electrons. The van der Waals surface area contributed by atoms with Gasteiger partial charge in [0.25, 0.3) is 0 Å². The first-order valence-corrected chi connectivity index (χ1v) is 6.40. The molecule has 0 aliphatic heterocycles. The molecule has 0 saturated carbocycles. The fraction of sp³-hybridized carbons (Fsp3) is 0.286. The van der Waals surface area contributed by atoms with Crippen molar-refractivity contribution in [3.63, 3.8) is 0 Å². The normalized spacial score (nSPS) is 12.8. The largest absolute Gasteiger partial charge is 0.441 e. The maximum atomic E-state index is 12.7. The van der Waals surface area contributed by atoms with Gasteiger partial charge in [0.15, 0.2) is 0 Å². The Kier molecular flexibility index (Phi) is 4.39. The zero-order valence-corrected chi connectivity index (χ0v) is 11.9. The highest BCUT2D eigenvalue weighted by molar-refractivity contribution is 5.83. The van der Waals surface area contributed by atoms with E-state index in [9.17, 15) is 18.0 Å². The Morgan fingerprint density at radius 2 is 2.09 bits per heavy atom. The van der Waals surface area contributed by atoms with Crippen molar-refractivity contribution in [1.29, 1.82) is 0 Å². The van der Waals surface area contributed by atoms with E-state index < -0.39 is 23.9 Å². The molecular weight excluding hydrogens is 299 g/mol. The summed E-state index contributed by atoms with van der Waals surface area (Å²) in [6.07, 6.45) is -4.54. The van der Waals surface area contributed by atoms with Crippen LogP contribution in [0.1, 0.15) is 24.2 Å². The molecule has 0 aliphatic rings. The molecule has 1 heterocycles. The number of hydrogen-bond acceptors (Lipinski definition) is 3. The third-order valence-corrected chi connectivity index (χ3v) is 3.02. The molecule has 1 aromatic carbocycles. The van der Waals surface area contributed by atoms with E-state index in [4.69, 9.17) is 4.74 Å². The van der Waals surface area contributed by atoms with Crippen molar-refractivity contribution in [2.75, 3.05) is 5.32 Å². The van der Waals surface area contributed by atoms with Crippen LogP contribution in [0.4, 0.5) is 23.8 Å². The second-order valence-electron chi connectivity index (χ2n) is 4.64. The summed E-state index contributed by atoms with van der Waals surface area (Å²) in [5.41, 5.74) is -0.525. The number of amides is 1. The molecule has 1 N–H and O–H groups in total.